The van der Waals surface area contributed by atoms with Crippen LogP contribution in [0.2, 0.25) is 0 Å². The Morgan fingerprint density at radius 1 is 1.16 bits per heavy atom. The van der Waals surface area contributed by atoms with Gasteiger partial charge in [0.05, 0.1) is 12.8 Å². The van der Waals surface area contributed by atoms with E-state index in [4.69, 9.17) is 0 Å². The number of ketones is 2. The number of ether oxygens (including phenoxy) is 1. The molecule has 1 aromatic carbocycles. The van der Waals surface area contributed by atoms with Crippen molar-refractivity contribution < 1.29 is 23.3 Å². The Hall–Kier alpha value is -2.74. The van der Waals surface area contributed by atoms with Crippen LogP contribution in [0.15, 0.2) is 51.7 Å². The standard InChI is InChI=1S/C17H18N2O5S/c1-10-5-7-11(8-6-10)18-12-9-13(20)15(19-25(3,4)23)14(16(12)21)17(22)24-2/h5-9,18H,1-4H3. The van der Waals surface area contributed by atoms with Crippen molar-refractivity contribution in [2.75, 3.05) is 24.9 Å². The minimum atomic E-state index is -2.75. The highest BCUT2D eigenvalue weighted by atomic mass is 32.2. The summed E-state index contributed by atoms with van der Waals surface area (Å²) in [5.41, 5.74) is 0.564. The molecular formula is C17H18N2O5S. The Balaban J connectivity index is 2.49. The number of nitrogens with zero attached hydrogens (tertiary/aromatic N) is 1. The monoisotopic (exact) mass is 362 g/mol. The fourth-order valence-corrected chi connectivity index (χ4v) is 2.74. The molecule has 0 radical (unpaired) electrons. The number of nitrogens with one attached hydrogen (secondary N) is 1. The van der Waals surface area contributed by atoms with Crippen LogP contribution in [0.5, 0.6) is 0 Å². The number of methoxy groups -OCH3 is 1. The third-order valence-corrected chi connectivity index (χ3v) is 3.87. The molecule has 2 rings (SSSR count). The SMILES string of the molecule is COC(=O)C1=C(N=S(C)(C)=O)C(=O)C=C(Nc2ccc(C)cc2)C1=O. The van der Waals surface area contributed by atoms with Crippen molar-refractivity contribution >= 4 is 33.0 Å². The Morgan fingerprint density at radius 2 is 1.76 bits per heavy atom. The summed E-state index contributed by atoms with van der Waals surface area (Å²) in [6.45, 7) is 1.91. The quantitative estimate of drug-likeness (QED) is 0.496. The molecule has 1 aromatic rings. The van der Waals surface area contributed by atoms with Crippen LogP contribution in [0.4, 0.5) is 5.69 Å². The maximum absolute atomic E-state index is 12.6. The molecule has 0 bridgehead atoms. The van der Waals surface area contributed by atoms with Gasteiger partial charge in [0.25, 0.3) is 0 Å². The van der Waals surface area contributed by atoms with E-state index in [1.54, 1.807) is 12.1 Å². The van der Waals surface area contributed by atoms with Gasteiger partial charge in [-0.25, -0.2) is 9.00 Å². The molecule has 1 N–H and O–H groups in total. The fourth-order valence-electron chi connectivity index (χ4n) is 2.12. The molecule has 0 amide bonds. The number of Topliss-reactive ketones (excluding diaryl/α,β-unsaturated/α-hetero) is 1. The number of allylic oxidation sites excluding steroid dienone is 2. The fraction of sp³-hybridized carbons (Fsp3) is 0.235. The zero-order chi connectivity index (χ0) is 18.8. The van der Waals surface area contributed by atoms with Crippen LogP contribution in [0.1, 0.15) is 5.56 Å². The first kappa shape index (κ1) is 18.6. The molecule has 8 heteroatoms. The van der Waals surface area contributed by atoms with Crippen LogP contribution in [-0.4, -0.2) is 41.4 Å². The summed E-state index contributed by atoms with van der Waals surface area (Å²) < 4.78 is 20.3. The summed E-state index contributed by atoms with van der Waals surface area (Å²) in [5.74, 6) is -2.43. The second kappa shape index (κ2) is 7.02. The van der Waals surface area contributed by atoms with E-state index in [1.807, 2.05) is 19.1 Å². The highest BCUT2D eigenvalue weighted by molar-refractivity contribution is 7.92. The maximum Gasteiger partial charge on any atom is 0.344 e. The molecule has 1 aliphatic rings. The number of carbonyl (C=O) groups excluding carboxylic acids is 3. The number of hydrogen-bond donors (Lipinski definition) is 1. The maximum atomic E-state index is 12.6. The van der Waals surface area contributed by atoms with Crippen molar-refractivity contribution in [1.82, 2.24) is 0 Å². The molecule has 7 nitrogen and oxygen atoms in total. The highest BCUT2D eigenvalue weighted by Gasteiger charge is 2.34. The molecule has 0 aromatic heterocycles. The molecule has 0 atom stereocenters. The molecule has 1 aliphatic carbocycles. The van der Waals surface area contributed by atoms with Crippen LogP contribution >= 0.6 is 0 Å². The summed E-state index contributed by atoms with van der Waals surface area (Å²) in [5, 5.41) is 2.82. The largest absolute Gasteiger partial charge is 0.465 e. The molecule has 0 heterocycles. The first-order chi connectivity index (χ1) is 11.6. The van der Waals surface area contributed by atoms with Gasteiger partial charge < -0.3 is 10.1 Å². The molecule has 0 unspecified atom stereocenters. The molecule has 132 valence electrons. The van der Waals surface area contributed by atoms with Crippen molar-refractivity contribution in [3.63, 3.8) is 0 Å². The number of anilines is 1. The van der Waals surface area contributed by atoms with Crippen molar-refractivity contribution in [2.45, 2.75) is 6.92 Å². The van der Waals surface area contributed by atoms with Gasteiger partial charge in [-0.05, 0) is 19.1 Å². The van der Waals surface area contributed by atoms with Gasteiger partial charge >= 0.3 is 5.97 Å². The lowest BCUT2D eigenvalue weighted by atomic mass is 9.97. The molecule has 0 fully saturated rings. The number of rotatable bonds is 4. The van der Waals surface area contributed by atoms with Crippen molar-refractivity contribution in [3.8, 4) is 0 Å². The zero-order valence-electron chi connectivity index (χ0n) is 14.3. The van der Waals surface area contributed by atoms with Crippen molar-refractivity contribution in [2.24, 2.45) is 4.36 Å². The third kappa shape index (κ3) is 4.42. The number of carbonyl (C=O) groups is 3. The predicted molar refractivity (Wildman–Crippen MR) is 94.4 cm³/mol. The minimum Gasteiger partial charge on any atom is -0.465 e. The molecule has 0 saturated heterocycles. The summed E-state index contributed by atoms with van der Waals surface area (Å²) in [4.78, 5) is 37.0. The van der Waals surface area contributed by atoms with Gasteiger partial charge in [0.2, 0.25) is 11.6 Å². The van der Waals surface area contributed by atoms with Crippen LogP contribution in [-0.2, 0) is 28.8 Å². The van der Waals surface area contributed by atoms with Crippen molar-refractivity contribution in [3.05, 3.63) is 52.9 Å². The molecular weight excluding hydrogens is 344 g/mol. The van der Waals surface area contributed by atoms with Gasteiger partial charge in [-0.15, -0.1) is 0 Å². The number of hydrogen-bond acceptors (Lipinski definition) is 7. The van der Waals surface area contributed by atoms with Gasteiger partial charge in [-0.1, -0.05) is 17.7 Å². The summed E-state index contributed by atoms with van der Waals surface area (Å²) in [7, 11) is -1.66. The number of esters is 1. The van der Waals surface area contributed by atoms with E-state index in [9.17, 15) is 18.6 Å². The lowest BCUT2D eigenvalue weighted by Crippen LogP contribution is -2.28. The predicted octanol–water partition coefficient (Wildman–Crippen LogP) is 1.60. The van der Waals surface area contributed by atoms with E-state index in [0.717, 1.165) is 18.7 Å². The van der Waals surface area contributed by atoms with E-state index in [2.05, 4.69) is 14.4 Å². The zero-order valence-corrected chi connectivity index (χ0v) is 15.1. The Bertz CT molecular complexity index is 924. The van der Waals surface area contributed by atoms with E-state index in [1.165, 1.54) is 12.5 Å². The van der Waals surface area contributed by atoms with E-state index in [0.29, 0.717) is 5.69 Å². The first-order valence-electron chi connectivity index (χ1n) is 7.26. The number of benzene rings is 1. The summed E-state index contributed by atoms with van der Waals surface area (Å²) in [6, 6.07) is 7.14. The Kier molecular flexibility index (Phi) is 5.22. The second-order valence-corrected chi connectivity index (χ2v) is 8.28. The smallest absolute Gasteiger partial charge is 0.344 e. The number of aryl methyl sites for hydroxylation is 1. The molecule has 0 spiro atoms. The first-order valence-corrected chi connectivity index (χ1v) is 9.59. The Morgan fingerprint density at radius 3 is 2.28 bits per heavy atom. The summed E-state index contributed by atoms with van der Waals surface area (Å²) in [6.07, 6.45) is 3.64. The topological polar surface area (TPSA) is 102 Å². The molecule has 25 heavy (non-hydrogen) atoms. The van der Waals surface area contributed by atoms with Gasteiger partial charge in [0.15, 0.2) is 0 Å². The van der Waals surface area contributed by atoms with Crippen LogP contribution in [0.3, 0.4) is 0 Å². The highest BCUT2D eigenvalue weighted by Crippen LogP contribution is 2.24. The molecule has 0 saturated carbocycles. The average Bonchev–Trinajstić information content (AvgIpc) is 2.52. The van der Waals surface area contributed by atoms with Crippen molar-refractivity contribution in [1.29, 1.82) is 0 Å². The van der Waals surface area contributed by atoms with Crippen LogP contribution in [0.25, 0.3) is 0 Å². The summed E-state index contributed by atoms with van der Waals surface area (Å²) >= 11 is 0. The van der Waals surface area contributed by atoms with E-state index >= 15 is 0 Å². The lowest BCUT2D eigenvalue weighted by molar-refractivity contribution is -0.138. The normalized spacial score (nSPS) is 15.0. The van der Waals surface area contributed by atoms with Gasteiger partial charge in [0.1, 0.15) is 11.3 Å². The molecule has 0 aliphatic heterocycles. The van der Waals surface area contributed by atoms with E-state index < -0.39 is 38.5 Å². The van der Waals surface area contributed by atoms with Gasteiger partial charge in [0, 0.05) is 34.0 Å². The average molecular weight is 362 g/mol. The van der Waals surface area contributed by atoms with Crippen LogP contribution < -0.4 is 5.32 Å². The van der Waals surface area contributed by atoms with Crippen LogP contribution in [0, 0.1) is 6.92 Å². The second-order valence-electron chi connectivity index (χ2n) is 5.73. The lowest BCUT2D eigenvalue weighted by Gasteiger charge is -2.17. The minimum absolute atomic E-state index is 0.0769. The van der Waals surface area contributed by atoms with Gasteiger partial charge in [-0.3, -0.25) is 9.59 Å². The van der Waals surface area contributed by atoms with Gasteiger partial charge in [-0.2, -0.15) is 4.36 Å². The van der Waals surface area contributed by atoms with E-state index in [-0.39, 0.29) is 5.70 Å². The Labute approximate surface area is 145 Å². The third-order valence-electron chi connectivity index (χ3n) is 3.25.